The second kappa shape index (κ2) is 5.90. The van der Waals surface area contributed by atoms with Crippen molar-refractivity contribution in [3.63, 3.8) is 0 Å². The first kappa shape index (κ1) is 14.9. The molecule has 1 aromatic rings. The summed E-state index contributed by atoms with van der Waals surface area (Å²) in [5.41, 5.74) is 1.25. The summed E-state index contributed by atoms with van der Waals surface area (Å²) in [5, 5.41) is 3.45. The average molecular weight is 329 g/mol. The van der Waals surface area contributed by atoms with Crippen LogP contribution in [0, 0.1) is 11.2 Å². The fourth-order valence-electron chi connectivity index (χ4n) is 2.73. The Labute approximate surface area is 123 Å². The quantitative estimate of drug-likeness (QED) is 0.895. The third kappa shape index (κ3) is 4.01. The molecule has 19 heavy (non-hydrogen) atoms. The molecule has 0 radical (unpaired) electrons. The standard InChI is InChI=1S/C15H22BrFN2/c1-15(2,3)14-9-18-4-5-19(14)10-11-6-12(16)8-13(17)7-11/h6-8,14,18H,4-5,9-10H2,1-3H3. The number of rotatable bonds is 2. The number of nitrogens with zero attached hydrogens (tertiary/aromatic N) is 1. The molecule has 1 fully saturated rings. The summed E-state index contributed by atoms with van der Waals surface area (Å²) in [4.78, 5) is 2.46. The maximum Gasteiger partial charge on any atom is 0.124 e. The van der Waals surface area contributed by atoms with Crippen LogP contribution in [0.3, 0.4) is 0 Å². The minimum Gasteiger partial charge on any atom is -0.314 e. The summed E-state index contributed by atoms with van der Waals surface area (Å²) in [5.74, 6) is -0.174. The van der Waals surface area contributed by atoms with Crippen LogP contribution in [-0.2, 0) is 6.54 Å². The predicted molar refractivity (Wildman–Crippen MR) is 80.6 cm³/mol. The second-order valence-electron chi connectivity index (χ2n) is 6.33. The van der Waals surface area contributed by atoms with Gasteiger partial charge in [-0.05, 0) is 29.2 Å². The molecule has 2 rings (SSSR count). The van der Waals surface area contributed by atoms with Crippen LogP contribution in [0.2, 0.25) is 0 Å². The molecule has 1 N–H and O–H groups in total. The molecule has 1 unspecified atom stereocenters. The first-order valence-corrected chi connectivity index (χ1v) is 7.55. The molecule has 1 saturated heterocycles. The van der Waals surface area contributed by atoms with Crippen molar-refractivity contribution in [3.8, 4) is 0 Å². The highest BCUT2D eigenvalue weighted by atomic mass is 79.9. The van der Waals surface area contributed by atoms with Crippen LogP contribution in [0.15, 0.2) is 22.7 Å². The van der Waals surface area contributed by atoms with E-state index in [4.69, 9.17) is 0 Å². The first-order chi connectivity index (χ1) is 8.86. The Kier molecular flexibility index (Phi) is 4.64. The Hall–Kier alpha value is -0.450. The van der Waals surface area contributed by atoms with Gasteiger partial charge in [0.25, 0.3) is 0 Å². The number of nitrogens with one attached hydrogen (secondary N) is 1. The van der Waals surface area contributed by atoms with E-state index in [-0.39, 0.29) is 11.2 Å². The maximum atomic E-state index is 13.5. The van der Waals surface area contributed by atoms with Gasteiger partial charge in [-0.15, -0.1) is 0 Å². The lowest BCUT2D eigenvalue weighted by Gasteiger charge is -2.43. The molecule has 1 aliphatic heterocycles. The number of piperazine rings is 1. The molecular formula is C15H22BrFN2. The van der Waals surface area contributed by atoms with Gasteiger partial charge in [-0.1, -0.05) is 36.7 Å². The van der Waals surface area contributed by atoms with Crippen molar-refractivity contribution >= 4 is 15.9 Å². The molecule has 0 saturated carbocycles. The molecule has 1 atom stereocenters. The molecule has 1 heterocycles. The van der Waals surface area contributed by atoms with E-state index >= 15 is 0 Å². The fourth-order valence-corrected chi connectivity index (χ4v) is 3.24. The Morgan fingerprint density at radius 1 is 1.37 bits per heavy atom. The van der Waals surface area contributed by atoms with Crippen molar-refractivity contribution in [2.45, 2.75) is 33.4 Å². The summed E-state index contributed by atoms with van der Waals surface area (Å²) >= 11 is 3.36. The minimum absolute atomic E-state index is 0.174. The van der Waals surface area contributed by atoms with Gasteiger partial charge in [0.05, 0.1) is 0 Å². The molecule has 1 aromatic carbocycles. The Morgan fingerprint density at radius 2 is 2.11 bits per heavy atom. The zero-order valence-corrected chi connectivity index (χ0v) is 13.4. The van der Waals surface area contributed by atoms with Crippen LogP contribution >= 0.6 is 15.9 Å². The van der Waals surface area contributed by atoms with E-state index in [1.54, 1.807) is 6.07 Å². The van der Waals surface area contributed by atoms with E-state index < -0.39 is 0 Å². The average Bonchev–Trinajstić information content (AvgIpc) is 2.26. The van der Waals surface area contributed by atoms with Crippen LogP contribution < -0.4 is 5.32 Å². The van der Waals surface area contributed by atoms with Gasteiger partial charge >= 0.3 is 0 Å². The molecule has 0 aromatic heterocycles. The van der Waals surface area contributed by atoms with E-state index in [2.05, 4.69) is 46.9 Å². The number of benzene rings is 1. The maximum absolute atomic E-state index is 13.5. The normalized spacial score (nSPS) is 21.6. The van der Waals surface area contributed by atoms with Crippen LogP contribution in [0.4, 0.5) is 4.39 Å². The van der Waals surface area contributed by atoms with E-state index in [1.807, 2.05) is 6.07 Å². The van der Waals surface area contributed by atoms with E-state index in [0.29, 0.717) is 6.04 Å². The summed E-state index contributed by atoms with van der Waals surface area (Å²) in [6, 6.07) is 5.61. The van der Waals surface area contributed by atoms with Crippen LogP contribution in [0.25, 0.3) is 0 Å². The van der Waals surface area contributed by atoms with Crippen molar-refractivity contribution in [2.75, 3.05) is 19.6 Å². The zero-order chi connectivity index (χ0) is 14.0. The molecule has 0 spiro atoms. The van der Waals surface area contributed by atoms with Gasteiger partial charge in [-0.25, -0.2) is 4.39 Å². The van der Waals surface area contributed by atoms with E-state index in [0.717, 1.165) is 36.2 Å². The summed E-state index contributed by atoms with van der Waals surface area (Å²) in [6.45, 7) is 10.6. The van der Waals surface area contributed by atoms with Gasteiger partial charge in [0.1, 0.15) is 5.82 Å². The summed E-state index contributed by atoms with van der Waals surface area (Å²) in [7, 11) is 0. The molecule has 2 nitrogen and oxygen atoms in total. The molecular weight excluding hydrogens is 307 g/mol. The van der Waals surface area contributed by atoms with Crippen molar-refractivity contribution in [2.24, 2.45) is 5.41 Å². The van der Waals surface area contributed by atoms with Crippen LogP contribution in [0.1, 0.15) is 26.3 Å². The van der Waals surface area contributed by atoms with Gasteiger partial charge in [0.15, 0.2) is 0 Å². The van der Waals surface area contributed by atoms with Crippen LogP contribution in [-0.4, -0.2) is 30.6 Å². The minimum atomic E-state index is -0.174. The lowest BCUT2D eigenvalue weighted by Crippen LogP contribution is -2.56. The van der Waals surface area contributed by atoms with Crippen LogP contribution in [0.5, 0.6) is 0 Å². The smallest absolute Gasteiger partial charge is 0.124 e. The van der Waals surface area contributed by atoms with Gasteiger partial charge in [-0.3, -0.25) is 4.90 Å². The largest absolute Gasteiger partial charge is 0.314 e. The summed E-state index contributed by atoms with van der Waals surface area (Å²) in [6.07, 6.45) is 0. The van der Waals surface area contributed by atoms with Gasteiger partial charge < -0.3 is 5.32 Å². The highest BCUT2D eigenvalue weighted by Crippen LogP contribution is 2.27. The first-order valence-electron chi connectivity index (χ1n) is 6.76. The lowest BCUT2D eigenvalue weighted by atomic mass is 9.84. The molecule has 4 heteroatoms. The highest BCUT2D eigenvalue weighted by molar-refractivity contribution is 9.10. The third-order valence-corrected chi connectivity index (χ3v) is 4.12. The van der Waals surface area contributed by atoms with Gasteiger partial charge in [0.2, 0.25) is 0 Å². The third-order valence-electron chi connectivity index (χ3n) is 3.66. The number of halogens is 2. The Morgan fingerprint density at radius 3 is 2.74 bits per heavy atom. The molecule has 0 aliphatic carbocycles. The van der Waals surface area contributed by atoms with Crippen molar-refractivity contribution in [3.05, 3.63) is 34.1 Å². The molecule has 0 amide bonds. The monoisotopic (exact) mass is 328 g/mol. The predicted octanol–water partition coefficient (Wildman–Crippen LogP) is 3.41. The topological polar surface area (TPSA) is 15.3 Å². The summed E-state index contributed by atoms with van der Waals surface area (Å²) < 4.78 is 14.3. The van der Waals surface area contributed by atoms with E-state index in [9.17, 15) is 4.39 Å². The van der Waals surface area contributed by atoms with Gasteiger partial charge in [0, 0.05) is 36.7 Å². The zero-order valence-electron chi connectivity index (χ0n) is 11.8. The fraction of sp³-hybridized carbons (Fsp3) is 0.600. The number of hydrogen-bond donors (Lipinski definition) is 1. The Balaban J connectivity index is 2.15. The SMILES string of the molecule is CC(C)(C)C1CNCCN1Cc1cc(F)cc(Br)c1. The second-order valence-corrected chi connectivity index (χ2v) is 7.25. The molecule has 106 valence electrons. The lowest BCUT2D eigenvalue weighted by molar-refractivity contribution is 0.0688. The van der Waals surface area contributed by atoms with Crippen molar-refractivity contribution < 1.29 is 4.39 Å². The number of hydrogen-bond acceptors (Lipinski definition) is 2. The van der Waals surface area contributed by atoms with Gasteiger partial charge in [-0.2, -0.15) is 0 Å². The van der Waals surface area contributed by atoms with Crippen molar-refractivity contribution in [1.82, 2.24) is 10.2 Å². The molecule has 0 bridgehead atoms. The highest BCUT2D eigenvalue weighted by Gasteiger charge is 2.32. The van der Waals surface area contributed by atoms with Crippen molar-refractivity contribution in [1.29, 1.82) is 0 Å². The van der Waals surface area contributed by atoms with E-state index in [1.165, 1.54) is 6.07 Å². The Bertz CT molecular complexity index is 422. The molecule has 1 aliphatic rings.